The minimum absolute atomic E-state index is 0.246. The standard InChI is InChI=1S/C27H23N3O3/c1-17-11-13-20(14-12-17)29-26(32)22-23-21-10-6-5-7-18(21)15-16-28(23)30(24(22)27(29)33)25(31)19-8-3-2-4-9-19/h2-14,22-24H,15-16H2,1H3/t22-,23+,24+/m1/s1. The van der Waals surface area contributed by atoms with Gasteiger partial charge in [0.25, 0.3) is 11.8 Å². The average Bonchev–Trinajstić information content (AvgIpc) is 3.32. The molecule has 3 heterocycles. The Hall–Kier alpha value is -3.77. The molecule has 33 heavy (non-hydrogen) atoms. The smallest absolute Gasteiger partial charge is 0.268 e. The van der Waals surface area contributed by atoms with Gasteiger partial charge in [0, 0.05) is 12.1 Å². The molecule has 6 heteroatoms. The number of rotatable bonds is 2. The highest BCUT2D eigenvalue weighted by molar-refractivity contribution is 6.25. The van der Waals surface area contributed by atoms with Gasteiger partial charge >= 0.3 is 0 Å². The number of amides is 3. The molecular weight excluding hydrogens is 414 g/mol. The molecule has 2 fully saturated rings. The minimum Gasteiger partial charge on any atom is -0.274 e. The molecule has 164 valence electrons. The van der Waals surface area contributed by atoms with Crippen molar-refractivity contribution in [3.63, 3.8) is 0 Å². The van der Waals surface area contributed by atoms with E-state index in [0.717, 1.165) is 17.5 Å². The van der Waals surface area contributed by atoms with Crippen molar-refractivity contribution in [1.82, 2.24) is 10.0 Å². The van der Waals surface area contributed by atoms with Crippen molar-refractivity contribution in [2.75, 3.05) is 11.4 Å². The summed E-state index contributed by atoms with van der Waals surface area (Å²) in [6, 6.07) is 23.2. The van der Waals surface area contributed by atoms with Crippen LogP contribution in [0.15, 0.2) is 78.9 Å². The van der Waals surface area contributed by atoms with Gasteiger partial charge in [-0.15, -0.1) is 0 Å². The lowest BCUT2D eigenvalue weighted by atomic mass is 9.85. The molecule has 6 rings (SSSR count). The largest absolute Gasteiger partial charge is 0.274 e. The van der Waals surface area contributed by atoms with Gasteiger partial charge in [-0.05, 0) is 48.7 Å². The van der Waals surface area contributed by atoms with Gasteiger partial charge in [-0.2, -0.15) is 0 Å². The average molecular weight is 437 g/mol. The summed E-state index contributed by atoms with van der Waals surface area (Å²) in [6.45, 7) is 2.54. The van der Waals surface area contributed by atoms with Crippen LogP contribution in [0, 0.1) is 12.8 Å². The summed E-state index contributed by atoms with van der Waals surface area (Å²) in [4.78, 5) is 42.5. The Balaban J connectivity index is 1.49. The first-order valence-electron chi connectivity index (χ1n) is 11.2. The van der Waals surface area contributed by atoms with Crippen LogP contribution in [0.2, 0.25) is 0 Å². The third kappa shape index (κ3) is 2.87. The Morgan fingerprint density at radius 2 is 1.52 bits per heavy atom. The number of nitrogens with zero attached hydrogens (tertiary/aromatic N) is 3. The summed E-state index contributed by atoms with van der Waals surface area (Å²) in [5, 5.41) is 3.52. The van der Waals surface area contributed by atoms with Crippen LogP contribution >= 0.6 is 0 Å². The van der Waals surface area contributed by atoms with Crippen molar-refractivity contribution in [2.24, 2.45) is 5.92 Å². The maximum absolute atomic E-state index is 13.8. The first-order valence-corrected chi connectivity index (χ1v) is 11.2. The Labute approximate surface area is 192 Å². The highest BCUT2D eigenvalue weighted by Gasteiger charge is 2.64. The number of hydrogen-bond donors (Lipinski definition) is 0. The molecule has 0 aromatic heterocycles. The Morgan fingerprint density at radius 3 is 2.27 bits per heavy atom. The molecule has 0 aliphatic carbocycles. The number of imide groups is 1. The highest BCUT2D eigenvalue weighted by atomic mass is 16.2. The summed E-state index contributed by atoms with van der Waals surface area (Å²) in [5.74, 6) is -1.48. The quantitative estimate of drug-likeness (QED) is 0.576. The van der Waals surface area contributed by atoms with Crippen molar-refractivity contribution in [3.8, 4) is 0 Å². The van der Waals surface area contributed by atoms with Gasteiger partial charge in [0.2, 0.25) is 5.91 Å². The van der Waals surface area contributed by atoms with E-state index in [1.54, 1.807) is 29.3 Å². The molecule has 0 radical (unpaired) electrons. The molecule has 0 spiro atoms. The summed E-state index contributed by atoms with van der Waals surface area (Å²) < 4.78 is 0. The number of hydrazine groups is 1. The van der Waals surface area contributed by atoms with Crippen LogP contribution < -0.4 is 4.90 Å². The van der Waals surface area contributed by atoms with Crippen molar-refractivity contribution in [3.05, 3.63) is 101 Å². The molecular formula is C27H23N3O3. The second kappa shape index (κ2) is 7.39. The van der Waals surface area contributed by atoms with E-state index in [1.165, 1.54) is 10.5 Å². The fourth-order valence-electron chi connectivity index (χ4n) is 5.51. The topological polar surface area (TPSA) is 60.9 Å². The number of aryl methyl sites for hydroxylation is 1. The number of fused-ring (bicyclic) bond motifs is 5. The van der Waals surface area contributed by atoms with Crippen LogP contribution in [0.3, 0.4) is 0 Å². The summed E-state index contributed by atoms with van der Waals surface area (Å²) >= 11 is 0. The van der Waals surface area contributed by atoms with E-state index in [2.05, 4.69) is 6.07 Å². The maximum atomic E-state index is 13.8. The van der Waals surface area contributed by atoms with E-state index >= 15 is 0 Å². The van der Waals surface area contributed by atoms with Crippen LogP contribution in [0.25, 0.3) is 0 Å². The number of hydrogen-bond acceptors (Lipinski definition) is 4. The molecule has 2 saturated heterocycles. The minimum atomic E-state index is -0.859. The third-order valence-electron chi connectivity index (χ3n) is 7.03. The zero-order valence-corrected chi connectivity index (χ0v) is 18.2. The molecule has 0 N–H and O–H groups in total. The second-order valence-corrected chi connectivity index (χ2v) is 8.89. The molecule has 0 saturated carbocycles. The number of carbonyl (C=O) groups excluding carboxylic acids is 3. The van der Waals surface area contributed by atoms with Crippen LogP contribution in [0.5, 0.6) is 0 Å². The van der Waals surface area contributed by atoms with Gasteiger partial charge in [-0.1, -0.05) is 60.2 Å². The van der Waals surface area contributed by atoms with Crippen LogP contribution in [0.4, 0.5) is 5.69 Å². The van der Waals surface area contributed by atoms with Crippen LogP contribution in [-0.4, -0.2) is 40.3 Å². The van der Waals surface area contributed by atoms with E-state index in [9.17, 15) is 14.4 Å². The van der Waals surface area contributed by atoms with E-state index in [1.807, 2.05) is 60.5 Å². The number of benzene rings is 3. The lowest BCUT2D eigenvalue weighted by molar-refractivity contribution is -0.126. The van der Waals surface area contributed by atoms with E-state index in [4.69, 9.17) is 0 Å². The number of anilines is 1. The predicted octanol–water partition coefficient (Wildman–Crippen LogP) is 3.52. The van der Waals surface area contributed by atoms with E-state index in [0.29, 0.717) is 17.8 Å². The van der Waals surface area contributed by atoms with Gasteiger partial charge in [-0.25, -0.2) is 9.91 Å². The second-order valence-electron chi connectivity index (χ2n) is 8.89. The molecule has 3 aromatic rings. The SMILES string of the molecule is Cc1ccc(N2C(=O)[C@H]3[C@@H](C2=O)N(C(=O)c2ccccc2)N2CCc4ccccc4[C@@H]32)cc1. The van der Waals surface area contributed by atoms with E-state index in [-0.39, 0.29) is 23.8 Å². The zero-order chi connectivity index (χ0) is 22.7. The highest BCUT2D eigenvalue weighted by Crippen LogP contribution is 2.50. The van der Waals surface area contributed by atoms with Crippen molar-refractivity contribution in [2.45, 2.75) is 25.4 Å². The maximum Gasteiger partial charge on any atom is 0.268 e. The zero-order valence-electron chi connectivity index (χ0n) is 18.2. The first kappa shape index (κ1) is 19.9. The molecule has 3 aromatic carbocycles. The van der Waals surface area contributed by atoms with Crippen molar-refractivity contribution in [1.29, 1.82) is 0 Å². The lowest BCUT2D eigenvalue weighted by Crippen LogP contribution is -2.52. The van der Waals surface area contributed by atoms with E-state index < -0.39 is 12.0 Å². The Bertz CT molecular complexity index is 1270. The van der Waals surface area contributed by atoms with Gasteiger partial charge in [0.05, 0.1) is 17.6 Å². The van der Waals surface area contributed by atoms with Gasteiger partial charge < -0.3 is 0 Å². The van der Waals surface area contributed by atoms with Gasteiger partial charge in [0.15, 0.2) is 0 Å². The lowest BCUT2D eigenvalue weighted by Gasteiger charge is -2.39. The van der Waals surface area contributed by atoms with Crippen molar-refractivity contribution >= 4 is 23.4 Å². The third-order valence-corrected chi connectivity index (χ3v) is 7.03. The number of carbonyl (C=O) groups is 3. The fraction of sp³-hybridized carbons (Fsp3) is 0.222. The predicted molar refractivity (Wildman–Crippen MR) is 123 cm³/mol. The molecule has 3 amide bonds. The Morgan fingerprint density at radius 1 is 0.818 bits per heavy atom. The Kier molecular flexibility index (Phi) is 4.45. The molecule has 0 unspecified atom stereocenters. The summed E-state index contributed by atoms with van der Waals surface area (Å²) in [5.41, 5.74) is 4.29. The van der Waals surface area contributed by atoms with Gasteiger partial charge in [0.1, 0.15) is 6.04 Å². The molecule has 6 nitrogen and oxygen atoms in total. The molecule has 3 aliphatic heterocycles. The fourth-order valence-corrected chi connectivity index (χ4v) is 5.51. The van der Waals surface area contributed by atoms with Crippen LogP contribution in [-0.2, 0) is 16.0 Å². The summed E-state index contributed by atoms with van der Waals surface area (Å²) in [6.07, 6.45) is 0.759. The normalized spacial score (nSPS) is 24.0. The first-order chi connectivity index (χ1) is 16.1. The molecule has 3 aliphatic rings. The molecule has 3 atom stereocenters. The van der Waals surface area contributed by atoms with Crippen molar-refractivity contribution < 1.29 is 14.4 Å². The van der Waals surface area contributed by atoms with Crippen LogP contribution in [0.1, 0.15) is 33.1 Å². The summed E-state index contributed by atoms with van der Waals surface area (Å²) in [7, 11) is 0. The molecule has 0 bridgehead atoms. The monoisotopic (exact) mass is 437 g/mol. The van der Waals surface area contributed by atoms with Gasteiger partial charge in [-0.3, -0.25) is 19.4 Å².